The maximum absolute atomic E-state index is 6.46. The smallest absolute Gasteiger partial charge is 0.200 e. The molecule has 5 aliphatic heterocycles. The van der Waals surface area contributed by atoms with E-state index in [4.69, 9.17) is 19.2 Å². The van der Waals surface area contributed by atoms with E-state index in [2.05, 4.69) is 35.3 Å². The van der Waals surface area contributed by atoms with Gasteiger partial charge in [-0.05, 0) is 61.6 Å². The fourth-order valence-electron chi connectivity index (χ4n) is 7.70. The number of guanidine groups is 1. The fourth-order valence-corrected chi connectivity index (χ4v) is 7.70. The highest BCUT2D eigenvalue weighted by Gasteiger charge is 2.56. The average molecular weight is 538 g/mol. The summed E-state index contributed by atoms with van der Waals surface area (Å²) in [6, 6.07) is 7.74. The minimum absolute atomic E-state index is 0.297. The van der Waals surface area contributed by atoms with Crippen LogP contribution >= 0.6 is 0 Å². The summed E-state index contributed by atoms with van der Waals surface area (Å²) in [5, 5.41) is 3.82. The Morgan fingerprint density at radius 3 is 2.36 bits per heavy atom. The molecule has 0 aromatic heterocycles. The van der Waals surface area contributed by atoms with Crippen LogP contribution in [0.1, 0.15) is 145 Å². The summed E-state index contributed by atoms with van der Waals surface area (Å²) in [5.41, 5.74) is 3.51. The van der Waals surface area contributed by atoms with Crippen LogP contribution in [0.2, 0.25) is 0 Å². The number of hydrogen-bond donors (Lipinski definition) is 1. The van der Waals surface area contributed by atoms with E-state index in [1.807, 2.05) is 0 Å². The van der Waals surface area contributed by atoms with Crippen molar-refractivity contribution in [3.8, 4) is 0 Å². The van der Waals surface area contributed by atoms with Crippen LogP contribution in [0.25, 0.3) is 0 Å². The van der Waals surface area contributed by atoms with E-state index in [9.17, 15) is 0 Å². The van der Waals surface area contributed by atoms with Crippen LogP contribution in [-0.4, -0.2) is 42.1 Å². The first-order valence-electron chi connectivity index (χ1n) is 16.4. The maximum Gasteiger partial charge on any atom is 0.200 e. The summed E-state index contributed by atoms with van der Waals surface area (Å²) in [4.78, 5) is 7.86. The molecule has 0 saturated carbocycles. The number of nitrogens with zero attached hydrogens (tertiary/aromatic N) is 2. The molecule has 3 saturated heterocycles. The number of fused-ring (bicyclic) bond motifs is 3. The number of nitrogens with one attached hydrogen (secondary N) is 1. The molecule has 0 unspecified atom stereocenters. The van der Waals surface area contributed by atoms with E-state index in [0.29, 0.717) is 18.7 Å². The molecule has 0 bridgehead atoms. The molecule has 1 N–H and O–H groups in total. The maximum atomic E-state index is 6.46. The standard InChI is InChI=1S/C33H51N3O3/c1-2-3-4-5-6-7-8-9-12-19-37-25-26-15-16-27-28(22-26)30-24-33(18-11-14-21-39-33)35-31-34-32(17-10-13-20-38-32)23-29(27)36(30)31/h15-16,22,29-30H,2-14,17-21,23-25H2,1H3,(H,34,35)/t29-,30+,32+,33-/m0/s1. The van der Waals surface area contributed by atoms with Crippen LogP contribution in [0.3, 0.4) is 0 Å². The molecule has 0 aliphatic carbocycles. The van der Waals surface area contributed by atoms with Crippen molar-refractivity contribution in [1.82, 2.24) is 10.2 Å². The third-order valence-corrected chi connectivity index (χ3v) is 9.82. The number of rotatable bonds is 12. The monoisotopic (exact) mass is 537 g/mol. The molecular weight excluding hydrogens is 486 g/mol. The van der Waals surface area contributed by atoms with Gasteiger partial charge < -0.3 is 24.4 Å². The zero-order valence-corrected chi connectivity index (χ0v) is 24.4. The highest BCUT2D eigenvalue weighted by molar-refractivity contribution is 5.85. The van der Waals surface area contributed by atoms with Crippen LogP contribution in [0, 0.1) is 0 Å². The first-order chi connectivity index (χ1) is 19.2. The molecular formula is C33H51N3O3. The van der Waals surface area contributed by atoms with Gasteiger partial charge in [-0.3, -0.25) is 0 Å². The van der Waals surface area contributed by atoms with Crippen LogP contribution in [0.15, 0.2) is 23.2 Å². The van der Waals surface area contributed by atoms with Gasteiger partial charge in [0.05, 0.1) is 18.7 Å². The van der Waals surface area contributed by atoms with E-state index >= 15 is 0 Å². The zero-order chi connectivity index (χ0) is 26.5. The quantitative estimate of drug-likeness (QED) is 0.277. The van der Waals surface area contributed by atoms with Crippen LogP contribution < -0.4 is 5.32 Å². The molecule has 6 heteroatoms. The van der Waals surface area contributed by atoms with Gasteiger partial charge in [-0.2, -0.15) is 0 Å². The molecule has 1 aromatic rings. The van der Waals surface area contributed by atoms with Crippen LogP contribution in [0.5, 0.6) is 0 Å². The minimum Gasteiger partial charge on any atom is -0.377 e. The first kappa shape index (κ1) is 27.5. The molecule has 0 radical (unpaired) electrons. The predicted octanol–water partition coefficient (Wildman–Crippen LogP) is 7.68. The second-order valence-corrected chi connectivity index (χ2v) is 12.8. The molecule has 4 atom stereocenters. The van der Waals surface area contributed by atoms with E-state index < -0.39 is 5.72 Å². The van der Waals surface area contributed by atoms with Gasteiger partial charge in [0.2, 0.25) is 0 Å². The normalized spacial score (nSPS) is 31.2. The Morgan fingerprint density at radius 1 is 0.872 bits per heavy atom. The first-order valence-corrected chi connectivity index (χ1v) is 16.4. The predicted molar refractivity (Wildman–Crippen MR) is 156 cm³/mol. The van der Waals surface area contributed by atoms with Gasteiger partial charge in [-0.15, -0.1) is 0 Å². The Bertz CT molecular complexity index is 982. The van der Waals surface area contributed by atoms with Gasteiger partial charge in [0.15, 0.2) is 11.7 Å². The summed E-state index contributed by atoms with van der Waals surface area (Å²) in [7, 11) is 0. The second-order valence-electron chi connectivity index (χ2n) is 12.8. The van der Waals surface area contributed by atoms with E-state index in [1.165, 1.54) is 87.3 Å². The number of hydrogen-bond acceptors (Lipinski definition) is 6. The largest absolute Gasteiger partial charge is 0.377 e. The van der Waals surface area contributed by atoms with Crippen LogP contribution in [-0.2, 0) is 20.8 Å². The fraction of sp³-hybridized carbons (Fsp3) is 0.788. The van der Waals surface area contributed by atoms with Crippen molar-refractivity contribution in [2.24, 2.45) is 4.99 Å². The lowest BCUT2D eigenvalue weighted by Gasteiger charge is -2.53. The van der Waals surface area contributed by atoms with Crippen molar-refractivity contribution in [3.63, 3.8) is 0 Å². The molecule has 1 aromatic carbocycles. The number of ether oxygens (including phenoxy) is 3. The highest BCUT2D eigenvalue weighted by Crippen LogP contribution is 2.55. The Balaban J connectivity index is 1.09. The molecule has 5 aliphatic rings. The van der Waals surface area contributed by atoms with E-state index in [0.717, 1.165) is 64.3 Å². The van der Waals surface area contributed by atoms with Crippen molar-refractivity contribution in [1.29, 1.82) is 0 Å². The summed E-state index contributed by atoms with van der Waals surface area (Å²) < 4.78 is 19.1. The molecule has 5 heterocycles. The molecule has 2 spiro atoms. The molecule has 3 fully saturated rings. The molecule has 6 nitrogen and oxygen atoms in total. The number of unbranched alkanes of at least 4 members (excludes halogenated alkanes) is 8. The molecule has 6 rings (SSSR count). The molecule has 216 valence electrons. The lowest BCUT2D eigenvalue weighted by molar-refractivity contribution is -0.133. The van der Waals surface area contributed by atoms with E-state index in [-0.39, 0.29) is 5.72 Å². The Labute approximate surface area is 236 Å². The number of aliphatic imine (C=N–C) groups is 1. The van der Waals surface area contributed by atoms with Crippen molar-refractivity contribution in [2.45, 2.75) is 146 Å². The molecule has 39 heavy (non-hydrogen) atoms. The van der Waals surface area contributed by atoms with Crippen molar-refractivity contribution in [3.05, 3.63) is 34.9 Å². The van der Waals surface area contributed by atoms with Gasteiger partial charge in [-0.1, -0.05) is 76.5 Å². The summed E-state index contributed by atoms with van der Waals surface area (Å²) in [5.74, 6) is 1.01. The number of benzene rings is 1. The van der Waals surface area contributed by atoms with Gasteiger partial charge in [-0.25, -0.2) is 4.99 Å². The second kappa shape index (κ2) is 12.5. The lowest BCUT2D eigenvalue weighted by Crippen LogP contribution is -2.65. The van der Waals surface area contributed by atoms with Crippen molar-refractivity contribution >= 4 is 5.96 Å². The van der Waals surface area contributed by atoms with Gasteiger partial charge in [0.25, 0.3) is 0 Å². The molecule has 0 amide bonds. The Hall–Kier alpha value is -1.63. The summed E-state index contributed by atoms with van der Waals surface area (Å²) in [6.07, 6.45) is 20.8. The van der Waals surface area contributed by atoms with E-state index in [1.54, 1.807) is 0 Å². The Morgan fingerprint density at radius 2 is 1.62 bits per heavy atom. The highest BCUT2D eigenvalue weighted by atomic mass is 16.5. The Kier molecular flexibility index (Phi) is 8.81. The lowest BCUT2D eigenvalue weighted by atomic mass is 9.89. The van der Waals surface area contributed by atoms with Crippen molar-refractivity contribution in [2.75, 3.05) is 19.8 Å². The van der Waals surface area contributed by atoms with Gasteiger partial charge >= 0.3 is 0 Å². The minimum atomic E-state index is -0.399. The average Bonchev–Trinajstić information content (AvgIpc) is 3.25. The third-order valence-electron chi connectivity index (χ3n) is 9.82. The van der Waals surface area contributed by atoms with Crippen LogP contribution in [0.4, 0.5) is 0 Å². The topological polar surface area (TPSA) is 55.3 Å². The summed E-state index contributed by atoms with van der Waals surface area (Å²) in [6.45, 7) is 5.50. The summed E-state index contributed by atoms with van der Waals surface area (Å²) >= 11 is 0. The van der Waals surface area contributed by atoms with Gasteiger partial charge in [0.1, 0.15) is 5.72 Å². The zero-order valence-electron chi connectivity index (χ0n) is 24.4. The third kappa shape index (κ3) is 6.04. The van der Waals surface area contributed by atoms with Crippen molar-refractivity contribution < 1.29 is 14.2 Å². The van der Waals surface area contributed by atoms with Gasteiger partial charge in [0, 0.05) is 32.7 Å². The SMILES string of the molecule is CCCCCCCCCCCOCc1ccc2c(c1)[C@H]1C[C@@]3(CCCCO3)N=C3N[C@@]4(CCCCO4)C[C@@H]2N31.